The lowest BCUT2D eigenvalue weighted by atomic mass is 10.1. The predicted molar refractivity (Wildman–Crippen MR) is 55.9 cm³/mol. The Kier molecular flexibility index (Phi) is 1.85. The molecule has 0 spiro atoms. The maximum Gasteiger partial charge on any atom is 0.136 e. The smallest absolute Gasteiger partial charge is 0.136 e. The molecule has 2 nitrogen and oxygen atoms in total. The van der Waals surface area contributed by atoms with Crippen molar-refractivity contribution in [2.45, 2.75) is 6.92 Å². The molecule has 0 aliphatic rings. The van der Waals surface area contributed by atoms with Crippen LogP contribution in [0.3, 0.4) is 0 Å². The van der Waals surface area contributed by atoms with Gasteiger partial charge in [0, 0.05) is 17.3 Å². The van der Waals surface area contributed by atoms with Gasteiger partial charge in [-0.05, 0) is 36.1 Å². The average molecular weight is 193 g/mol. The van der Waals surface area contributed by atoms with Crippen molar-refractivity contribution in [2.75, 3.05) is 5.73 Å². The van der Waals surface area contributed by atoms with Gasteiger partial charge in [0.2, 0.25) is 0 Å². The molecule has 1 aromatic carbocycles. The van der Waals surface area contributed by atoms with Crippen LogP contribution in [0.25, 0.3) is 10.8 Å². The number of hydrogen-bond acceptors (Lipinski definition) is 2. The summed E-state index contributed by atoms with van der Waals surface area (Å²) in [5, 5.41) is 2.51. The Morgan fingerprint density at radius 3 is 2.92 bits per heavy atom. The molecule has 0 bridgehead atoms. The molecule has 0 unspecified atom stereocenters. The van der Waals surface area contributed by atoms with E-state index in [9.17, 15) is 0 Å². The molecule has 66 valence electrons. The quantitative estimate of drug-likeness (QED) is 0.515. The van der Waals surface area contributed by atoms with Crippen molar-refractivity contribution in [1.82, 2.24) is 4.98 Å². The van der Waals surface area contributed by atoms with Crippen molar-refractivity contribution < 1.29 is 0 Å². The lowest BCUT2D eigenvalue weighted by Crippen LogP contribution is -1.90. The number of anilines is 1. The summed E-state index contributed by atoms with van der Waals surface area (Å²) >= 11 is 5.93. The molecule has 0 saturated carbocycles. The lowest BCUT2D eigenvalue weighted by molar-refractivity contribution is 1.36. The van der Waals surface area contributed by atoms with E-state index < -0.39 is 0 Å². The Bertz CT molecular complexity index is 466. The van der Waals surface area contributed by atoms with Gasteiger partial charge in [0.25, 0.3) is 0 Å². The van der Waals surface area contributed by atoms with E-state index in [1.54, 1.807) is 6.20 Å². The SMILES string of the molecule is Cc1cc2c(Cl)nccc2cc1N. The fourth-order valence-electron chi connectivity index (χ4n) is 1.31. The molecule has 0 aliphatic heterocycles. The number of aryl methyl sites for hydroxylation is 1. The van der Waals surface area contributed by atoms with Gasteiger partial charge in [-0.15, -0.1) is 0 Å². The normalized spacial score (nSPS) is 10.6. The minimum absolute atomic E-state index is 0.528. The first-order valence-electron chi connectivity index (χ1n) is 3.99. The Hall–Kier alpha value is -1.28. The lowest BCUT2D eigenvalue weighted by Gasteiger charge is -2.03. The number of hydrogen-bond donors (Lipinski definition) is 1. The highest BCUT2D eigenvalue weighted by atomic mass is 35.5. The van der Waals surface area contributed by atoms with E-state index in [1.165, 1.54) is 0 Å². The first-order chi connectivity index (χ1) is 6.18. The van der Waals surface area contributed by atoms with Crippen molar-refractivity contribution in [3.8, 4) is 0 Å². The van der Waals surface area contributed by atoms with Gasteiger partial charge in [0.05, 0.1) is 0 Å². The zero-order valence-electron chi connectivity index (χ0n) is 7.21. The average Bonchev–Trinajstić information content (AvgIpc) is 2.09. The van der Waals surface area contributed by atoms with E-state index in [0.29, 0.717) is 5.15 Å². The van der Waals surface area contributed by atoms with Gasteiger partial charge < -0.3 is 5.73 Å². The summed E-state index contributed by atoms with van der Waals surface area (Å²) in [6.07, 6.45) is 1.68. The first kappa shape index (κ1) is 8.32. The molecule has 0 radical (unpaired) electrons. The molecule has 0 aliphatic carbocycles. The molecule has 3 heteroatoms. The van der Waals surface area contributed by atoms with E-state index in [0.717, 1.165) is 22.0 Å². The predicted octanol–water partition coefficient (Wildman–Crippen LogP) is 2.78. The third-order valence-electron chi connectivity index (χ3n) is 2.10. The van der Waals surface area contributed by atoms with Gasteiger partial charge >= 0.3 is 0 Å². The summed E-state index contributed by atoms with van der Waals surface area (Å²) in [6, 6.07) is 5.77. The highest BCUT2D eigenvalue weighted by molar-refractivity contribution is 6.34. The van der Waals surface area contributed by atoms with Gasteiger partial charge in [-0.3, -0.25) is 0 Å². The van der Waals surface area contributed by atoms with Crippen LogP contribution in [-0.2, 0) is 0 Å². The molecule has 0 fully saturated rings. The van der Waals surface area contributed by atoms with Crippen LogP contribution in [0.4, 0.5) is 5.69 Å². The van der Waals surface area contributed by atoms with Crippen LogP contribution < -0.4 is 5.73 Å². The van der Waals surface area contributed by atoms with Crippen LogP contribution in [0.1, 0.15) is 5.56 Å². The summed E-state index contributed by atoms with van der Waals surface area (Å²) in [5.41, 5.74) is 7.59. The summed E-state index contributed by atoms with van der Waals surface area (Å²) in [7, 11) is 0. The molecule has 2 aromatic rings. The second-order valence-electron chi connectivity index (χ2n) is 3.03. The molecule has 1 heterocycles. The monoisotopic (exact) mass is 192 g/mol. The number of fused-ring (bicyclic) bond motifs is 1. The van der Waals surface area contributed by atoms with Crippen molar-refractivity contribution >= 4 is 28.1 Å². The highest BCUT2D eigenvalue weighted by Gasteiger charge is 2.01. The van der Waals surface area contributed by atoms with E-state index in [2.05, 4.69) is 4.98 Å². The highest BCUT2D eigenvalue weighted by Crippen LogP contribution is 2.25. The molecule has 0 atom stereocenters. The van der Waals surface area contributed by atoms with Crippen molar-refractivity contribution in [2.24, 2.45) is 0 Å². The fraction of sp³-hybridized carbons (Fsp3) is 0.100. The molecular weight excluding hydrogens is 184 g/mol. The van der Waals surface area contributed by atoms with Crippen LogP contribution >= 0.6 is 11.6 Å². The zero-order valence-corrected chi connectivity index (χ0v) is 7.97. The van der Waals surface area contributed by atoms with Gasteiger partial charge in [0.15, 0.2) is 0 Å². The number of nitrogens with two attached hydrogens (primary N) is 1. The van der Waals surface area contributed by atoms with Crippen LogP contribution in [0.15, 0.2) is 24.4 Å². The second-order valence-corrected chi connectivity index (χ2v) is 3.39. The fourth-order valence-corrected chi connectivity index (χ4v) is 1.53. The summed E-state index contributed by atoms with van der Waals surface area (Å²) in [4.78, 5) is 4.00. The van der Waals surface area contributed by atoms with Gasteiger partial charge in [-0.2, -0.15) is 0 Å². The number of nitrogens with zero attached hydrogens (tertiary/aromatic N) is 1. The molecule has 13 heavy (non-hydrogen) atoms. The topological polar surface area (TPSA) is 38.9 Å². The molecular formula is C10H9ClN2. The number of nitrogen functional groups attached to an aromatic ring is 1. The third kappa shape index (κ3) is 1.33. The van der Waals surface area contributed by atoms with Gasteiger partial charge in [-0.1, -0.05) is 11.6 Å². The Morgan fingerprint density at radius 1 is 1.38 bits per heavy atom. The zero-order chi connectivity index (χ0) is 9.42. The molecule has 0 saturated heterocycles. The van der Waals surface area contributed by atoms with Crippen LogP contribution in [0.5, 0.6) is 0 Å². The number of halogens is 1. The molecule has 0 amide bonds. The number of rotatable bonds is 0. The van der Waals surface area contributed by atoms with Gasteiger partial charge in [-0.25, -0.2) is 4.98 Å². The van der Waals surface area contributed by atoms with E-state index in [-0.39, 0.29) is 0 Å². The Balaban J connectivity index is 2.89. The largest absolute Gasteiger partial charge is 0.398 e. The van der Waals surface area contributed by atoms with E-state index >= 15 is 0 Å². The maximum absolute atomic E-state index is 5.93. The van der Waals surface area contributed by atoms with Crippen LogP contribution in [0.2, 0.25) is 5.15 Å². The first-order valence-corrected chi connectivity index (χ1v) is 4.36. The van der Waals surface area contributed by atoms with Crippen molar-refractivity contribution in [3.05, 3.63) is 35.1 Å². The number of pyridine rings is 1. The van der Waals surface area contributed by atoms with Crippen LogP contribution in [0, 0.1) is 6.92 Å². The minimum Gasteiger partial charge on any atom is -0.398 e. The maximum atomic E-state index is 5.93. The van der Waals surface area contributed by atoms with Crippen LogP contribution in [-0.4, -0.2) is 4.98 Å². The van der Waals surface area contributed by atoms with Gasteiger partial charge in [0.1, 0.15) is 5.15 Å². The van der Waals surface area contributed by atoms with Crippen molar-refractivity contribution in [3.63, 3.8) is 0 Å². The summed E-state index contributed by atoms with van der Waals surface area (Å²) in [5.74, 6) is 0. The number of aromatic nitrogens is 1. The Labute approximate surface area is 81.3 Å². The molecule has 1 aromatic heterocycles. The summed E-state index contributed by atoms with van der Waals surface area (Å²) < 4.78 is 0. The standard InChI is InChI=1S/C10H9ClN2/c1-6-4-8-7(5-9(6)12)2-3-13-10(8)11/h2-5H,12H2,1H3. The third-order valence-corrected chi connectivity index (χ3v) is 2.40. The Morgan fingerprint density at radius 2 is 2.15 bits per heavy atom. The molecule has 2 N–H and O–H groups in total. The summed E-state index contributed by atoms with van der Waals surface area (Å²) in [6.45, 7) is 1.96. The molecule has 2 rings (SSSR count). The second kappa shape index (κ2) is 2.89. The van der Waals surface area contributed by atoms with Crippen molar-refractivity contribution in [1.29, 1.82) is 0 Å². The number of benzene rings is 1. The van der Waals surface area contributed by atoms with E-state index in [4.69, 9.17) is 17.3 Å². The van der Waals surface area contributed by atoms with E-state index in [1.807, 2.05) is 25.1 Å². The minimum atomic E-state index is 0.528.